The zero-order valence-electron chi connectivity index (χ0n) is 9.35. The maximum atomic E-state index is 5.45. The molecule has 0 N–H and O–H groups in total. The minimum absolute atomic E-state index is 0.340. The van der Waals surface area contributed by atoms with E-state index in [1.54, 1.807) is 0 Å². The van der Waals surface area contributed by atoms with Crippen molar-refractivity contribution in [1.29, 1.82) is 0 Å². The summed E-state index contributed by atoms with van der Waals surface area (Å²) in [5, 5.41) is 0. The molecule has 0 amide bonds. The van der Waals surface area contributed by atoms with Crippen molar-refractivity contribution < 1.29 is 14.0 Å². The van der Waals surface area contributed by atoms with E-state index in [1.165, 1.54) is 16.8 Å². The minimum atomic E-state index is 0.340. The molecular weight excluding hydrogens is 214 g/mol. The van der Waals surface area contributed by atoms with Crippen LogP contribution < -0.4 is 14.0 Å². The summed E-state index contributed by atoms with van der Waals surface area (Å²) in [6, 6.07) is 10.5. The fourth-order valence-electron chi connectivity index (χ4n) is 2.59. The summed E-state index contributed by atoms with van der Waals surface area (Å²) >= 11 is 0. The molecule has 0 aliphatic carbocycles. The normalized spacial score (nSPS) is 15.3. The van der Waals surface area contributed by atoms with Crippen molar-refractivity contribution in [2.24, 2.45) is 0 Å². The average molecular weight is 226 g/mol. The smallest absolute Gasteiger partial charge is 0.231 e. The largest absolute Gasteiger partial charge is 0.454 e. The second-order valence-electron chi connectivity index (χ2n) is 4.39. The van der Waals surface area contributed by atoms with E-state index in [0.29, 0.717) is 6.79 Å². The highest BCUT2D eigenvalue weighted by Crippen LogP contribution is 2.39. The Kier molecular flexibility index (Phi) is 1.72. The van der Waals surface area contributed by atoms with E-state index in [4.69, 9.17) is 9.47 Å². The van der Waals surface area contributed by atoms with Gasteiger partial charge in [-0.1, -0.05) is 0 Å². The van der Waals surface area contributed by atoms with Crippen molar-refractivity contribution in [3.63, 3.8) is 0 Å². The van der Waals surface area contributed by atoms with Gasteiger partial charge in [-0.25, -0.2) is 0 Å². The predicted octanol–water partition coefficient (Wildman–Crippen LogP) is 1.93. The number of rotatable bonds is 0. The summed E-state index contributed by atoms with van der Waals surface area (Å²) in [5.41, 5.74) is 3.87. The van der Waals surface area contributed by atoms with Crippen LogP contribution in [-0.2, 0) is 13.0 Å². The van der Waals surface area contributed by atoms with Crippen LogP contribution in [0.25, 0.3) is 11.3 Å². The quantitative estimate of drug-likeness (QED) is 0.640. The molecule has 3 heteroatoms. The molecule has 0 radical (unpaired) electrons. The first kappa shape index (κ1) is 9.05. The number of benzene rings is 1. The first-order valence-corrected chi connectivity index (χ1v) is 5.83. The van der Waals surface area contributed by atoms with Gasteiger partial charge in [0.2, 0.25) is 12.5 Å². The lowest BCUT2D eigenvalue weighted by Crippen LogP contribution is -2.39. The van der Waals surface area contributed by atoms with Crippen molar-refractivity contribution in [1.82, 2.24) is 0 Å². The van der Waals surface area contributed by atoms with E-state index in [9.17, 15) is 0 Å². The molecule has 0 saturated carbocycles. The Bertz CT molecular complexity index is 607. The molecule has 0 unspecified atom stereocenters. The number of aryl methyl sites for hydroxylation is 2. The Morgan fingerprint density at radius 1 is 1.06 bits per heavy atom. The van der Waals surface area contributed by atoms with E-state index in [0.717, 1.165) is 24.5 Å². The summed E-state index contributed by atoms with van der Waals surface area (Å²) in [7, 11) is 0. The third-order valence-electron chi connectivity index (χ3n) is 3.44. The van der Waals surface area contributed by atoms with Gasteiger partial charge in [0.25, 0.3) is 0 Å². The Hall–Kier alpha value is -2.03. The van der Waals surface area contributed by atoms with Crippen LogP contribution in [-0.4, -0.2) is 6.79 Å². The average Bonchev–Trinajstić information content (AvgIpc) is 2.83. The lowest BCUT2D eigenvalue weighted by molar-refractivity contribution is -0.687. The highest BCUT2D eigenvalue weighted by atomic mass is 16.7. The van der Waals surface area contributed by atoms with Crippen LogP contribution in [0.5, 0.6) is 11.5 Å². The second-order valence-corrected chi connectivity index (χ2v) is 4.39. The zero-order chi connectivity index (χ0) is 11.2. The maximum absolute atomic E-state index is 5.45. The van der Waals surface area contributed by atoms with Crippen LogP contribution in [0, 0.1) is 0 Å². The summed E-state index contributed by atoms with van der Waals surface area (Å²) in [6.45, 7) is 1.37. The molecule has 2 aliphatic heterocycles. The second kappa shape index (κ2) is 3.23. The SMILES string of the molecule is c1cc[n+]2c(c1)-c1cc3c(cc1CC2)OCO3. The fourth-order valence-corrected chi connectivity index (χ4v) is 2.59. The van der Waals surface area contributed by atoms with Gasteiger partial charge in [0.15, 0.2) is 24.2 Å². The molecular formula is C14H12NO2+. The number of ether oxygens (including phenoxy) is 2. The minimum Gasteiger partial charge on any atom is -0.454 e. The van der Waals surface area contributed by atoms with Gasteiger partial charge in [-0.3, -0.25) is 0 Å². The number of nitrogens with zero attached hydrogens (tertiary/aromatic N) is 1. The molecule has 0 atom stereocenters. The Morgan fingerprint density at radius 3 is 2.88 bits per heavy atom. The van der Waals surface area contributed by atoms with Gasteiger partial charge in [0.05, 0.1) is 5.56 Å². The third kappa shape index (κ3) is 1.25. The first-order chi connectivity index (χ1) is 8.42. The number of hydrogen-bond donors (Lipinski definition) is 0. The standard InChI is InChI=1S/C14H12NO2/c1-2-5-15-6-4-10-7-13-14(17-9-16-13)8-11(10)12(15)3-1/h1-3,5,7-8H,4,6,9H2/q+1. The van der Waals surface area contributed by atoms with Crippen molar-refractivity contribution in [3.8, 4) is 22.8 Å². The molecule has 3 heterocycles. The summed E-state index contributed by atoms with van der Waals surface area (Å²) in [5.74, 6) is 1.74. The number of aromatic nitrogens is 1. The zero-order valence-corrected chi connectivity index (χ0v) is 9.35. The van der Waals surface area contributed by atoms with Gasteiger partial charge >= 0.3 is 0 Å². The molecule has 3 nitrogen and oxygen atoms in total. The molecule has 4 rings (SSSR count). The Morgan fingerprint density at radius 2 is 1.94 bits per heavy atom. The van der Waals surface area contributed by atoms with Gasteiger partial charge in [-0.15, -0.1) is 0 Å². The molecule has 2 aliphatic rings. The van der Waals surface area contributed by atoms with Crippen LogP contribution in [0.1, 0.15) is 5.56 Å². The molecule has 0 saturated heterocycles. The van der Waals surface area contributed by atoms with Crippen LogP contribution in [0.4, 0.5) is 0 Å². The molecule has 0 fully saturated rings. The van der Waals surface area contributed by atoms with E-state index in [1.807, 2.05) is 0 Å². The summed E-state index contributed by atoms with van der Waals surface area (Å²) < 4.78 is 13.2. The van der Waals surface area contributed by atoms with Gasteiger partial charge in [-0.05, 0) is 23.8 Å². The van der Waals surface area contributed by atoms with Gasteiger partial charge in [0, 0.05) is 18.6 Å². The van der Waals surface area contributed by atoms with Crippen LogP contribution >= 0.6 is 0 Å². The van der Waals surface area contributed by atoms with E-state index in [2.05, 4.69) is 41.1 Å². The topological polar surface area (TPSA) is 22.3 Å². The van der Waals surface area contributed by atoms with E-state index in [-0.39, 0.29) is 0 Å². The molecule has 0 spiro atoms. The third-order valence-corrected chi connectivity index (χ3v) is 3.44. The number of fused-ring (bicyclic) bond motifs is 4. The maximum Gasteiger partial charge on any atom is 0.231 e. The molecule has 17 heavy (non-hydrogen) atoms. The van der Waals surface area contributed by atoms with Crippen LogP contribution in [0.2, 0.25) is 0 Å². The highest BCUT2D eigenvalue weighted by molar-refractivity contribution is 5.67. The van der Waals surface area contributed by atoms with Crippen molar-refractivity contribution in [2.75, 3.05) is 6.79 Å². The molecule has 84 valence electrons. The number of pyridine rings is 1. The van der Waals surface area contributed by atoms with E-state index >= 15 is 0 Å². The lowest BCUT2D eigenvalue weighted by Gasteiger charge is -2.14. The Labute approximate surface area is 99.2 Å². The van der Waals surface area contributed by atoms with Crippen molar-refractivity contribution in [3.05, 3.63) is 42.1 Å². The lowest BCUT2D eigenvalue weighted by atomic mass is 9.97. The fraction of sp³-hybridized carbons (Fsp3) is 0.214. The molecule has 0 bridgehead atoms. The van der Waals surface area contributed by atoms with Crippen LogP contribution in [0.3, 0.4) is 0 Å². The summed E-state index contributed by atoms with van der Waals surface area (Å²) in [4.78, 5) is 0. The van der Waals surface area contributed by atoms with Crippen molar-refractivity contribution in [2.45, 2.75) is 13.0 Å². The predicted molar refractivity (Wildman–Crippen MR) is 61.9 cm³/mol. The number of hydrogen-bond acceptors (Lipinski definition) is 2. The molecule has 2 aromatic rings. The monoisotopic (exact) mass is 226 g/mol. The van der Waals surface area contributed by atoms with Gasteiger partial charge < -0.3 is 9.47 Å². The highest BCUT2D eigenvalue weighted by Gasteiger charge is 2.26. The first-order valence-electron chi connectivity index (χ1n) is 5.83. The Balaban J connectivity index is 1.98. The molecule has 1 aromatic heterocycles. The summed E-state index contributed by atoms with van der Waals surface area (Å²) in [6.07, 6.45) is 3.18. The van der Waals surface area contributed by atoms with Crippen LogP contribution in [0.15, 0.2) is 36.5 Å². The van der Waals surface area contributed by atoms with Gasteiger partial charge in [0.1, 0.15) is 0 Å². The molecule has 1 aromatic carbocycles. The van der Waals surface area contributed by atoms with Gasteiger partial charge in [-0.2, -0.15) is 4.57 Å². The van der Waals surface area contributed by atoms with E-state index < -0.39 is 0 Å². The van der Waals surface area contributed by atoms with Crippen molar-refractivity contribution >= 4 is 0 Å².